The summed E-state index contributed by atoms with van der Waals surface area (Å²) in [7, 11) is 0. The van der Waals surface area contributed by atoms with E-state index >= 15 is 0 Å². The smallest absolute Gasteiger partial charge is 0.207 e. The summed E-state index contributed by atoms with van der Waals surface area (Å²) in [6.07, 6.45) is 3.02. The van der Waals surface area contributed by atoms with E-state index in [9.17, 15) is 14.7 Å². The average molecular weight is 158 g/mol. The zero-order valence-corrected chi connectivity index (χ0v) is 6.34. The Morgan fingerprint density at radius 3 is 2.64 bits per heavy atom. The summed E-state index contributed by atoms with van der Waals surface area (Å²) < 4.78 is 0. The lowest BCUT2D eigenvalue weighted by Crippen LogP contribution is -2.21. The van der Waals surface area contributed by atoms with Crippen molar-refractivity contribution in [2.75, 3.05) is 6.54 Å². The molecule has 0 bridgehead atoms. The quantitative estimate of drug-likeness (QED) is 0.383. The normalized spacial score (nSPS) is 9.09. The van der Waals surface area contributed by atoms with E-state index in [0.29, 0.717) is 19.4 Å². The van der Waals surface area contributed by atoms with Crippen molar-refractivity contribution in [3.63, 3.8) is 0 Å². The second-order valence-electron chi connectivity index (χ2n) is 2.25. The first-order valence-electron chi connectivity index (χ1n) is 3.64. The van der Waals surface area contributed by atoms with E-state index in [4.69, 9.17) is 0 Å². The van der Waals surface area contributed by atoms with E-state index in [1.54, 1.807) is 0 Å². The Balaban J connectivity index is 2.90. The summed E-state index contributed by atoms with van der Waals surface area (Å²) >= 11 is 0. The van der Waals surface area contributed by atoms with Gasteiger partial charge in [0.15, 0.2) is 0 Å². The van der Waals surface area contributed by atoms with Crippen LogP contribution in [0.2, 0.25) is 0 Å². The number of carboxylic acids is 1. The van der Waals surface area contributed by atoms with E-state index in [2.05, 4.69) is 5.32 Å². The minimum atomic E-state index is -1.01. The fourth-order valence-electron chi connectivity index (χ4n) is 0.732. The Bertz CT molecular complexity index is 125. The van der Waals surface area contributed by atoms with Crippen LogP contribution in [-0.2, 0) is 9.59 Å². The lowest BCUT2D eigenvalue weighted by molar-refractivity contribution is -0.305. The monoisotopic (exact) mass is 158 g/mol. The molecule has 0 fully saturated rings. The first-order valence-corrected chi connectivity index (χ1v) is 3.64. The van der Waals surface area contributed by atoms with Gasteiger partial charge in [-0.1, -0.05) is 6.42 Å². The summed E-state index contributed by atoms with van der Waals surface area (Å²) in [6, 6.07) is 0. The number of aliphatic carboxylic acids is 1. The van der Waals surface area contributed by atoms with Crippen molar-refractivity contribution in [3.05, 3.63) is 0 Å². The molecule has 0 saturated carbocycles. The van der Waals surface area contributed by atoms with E-state index in [1.807, 2.05) is 0 Å². The summed E-state index contributed by atoms with van der Waals surface area (Å²) in [5.41, 5.74) is 0. The zero-order valence-electron chi connectivity index (χ0n) is 6.34. The molecule has 0 atom stereocenters. The number of carboxylic acid groups (broad SMARTS) is 1. The molecule has 0 aliphatic carbocycles. The average Bonchev–Trinajstić information content (AvgIpc) is 1.96. The first-order chi connectivity index (χ1) is 5.27. The van der Waals surface area contributed by atoms with E-state index < -0.39 is 5.97 Å². The van der Waals surface area contributed by atoms with Gasteiger partial charge in [-0.15, -0.1) is 0 Å². The summed E-state index contributed by atoms with van der Waals surface area (Å²) in [4.78, 5) is 19.6. The van der Waals surface area contributed by atoms with E-state index in [1.165, 1.54) is 0 Å². The van der Waals surface area contributed by atoms with Crippen LogP contribution in [0.15, 0.2) is 0 Å². The summed E-state index contributed by atoms with van der Waals surface area (Å²) in [5, 5.41) is 12.4. The Hall–Kier alpha value is -1.06. The summed E-state index contributed by atoms with van der Waals surface area (Å²) in [6.45, 7) is 0.622. The molecule has 1 amide bonds. The van der Waals surface area contributed by atoms with Crippen molar-refractivity contribution in [2.45, 2.75) is 25.7 Å². The molecule has 0 rings (SSSR count). The second kappa shape index (κ2) is 7.05. The number of hydrogen-bond donors (Lipinski definition) is 1. The number of carbonyl (C=O) groups is 2. The minimum absolute atomic E-state index is 0.112. The number of carbonyl (C=O) groups excluding carboxylic acids is 2. The molecule has 64 valence electrons. The lowest BCUT2D eigenvalue weighted by atomic mass is 10.2. The van der Waals surface area contributed by atoms with Crippen molar-refractivity contribution in [1.82, 2.24) is 5.32 Å². The number of nitrogens with one attached hydrogen (secondary N) is 1. The topological polar surface area (TPSA) is 69.2 Å². The number of hydrogen-bond acceptors (Lipinski definition) is 3. The predicted octanol–water partition coefficient (Wildman–Crippen LogP) is -0.957. The first kappa shape index (κ1) is 9.94. The number of amides is 1. The summed E-state index contributed by atoms with van der Waals surface area (Å²) in [5.74, 6) is -1.01. The van der Waals surface area contributed by atoms with Crippen LogP contribution in [0.1, 0.15) is 25.7 Å². The Morgan fingerprint density at radius 1 is 1.36 bits per heavy atom. The van der Waals surface area contributed by atoms with Gasteiger partial charge in [0.2, 0.25) is 6.41 Å². The van der Waals surface area contributed by atoms with Crippen molar-refractivity contribution < 1.29 is 14.7 Å². The highest BCUT2D eigenvalue weighted by atomic mass is 16.4. The molecule has 4 heteroatoms. The molecule has 0 radical (unpaired) electrons. The fourth-order valence-corrected chi connectivity index (χ4v) is 0.732. The van der Waals surface area contributed by atoms with E-state index in [-0.39, 0.29) is 6.42 Å². The molecule has 0 spiro atoms. The maximum absolute atomic E-state index is 9.91. The van der Waals surface area contributed by atoms with Crippen LogP contribution in [0.25, 0.3) is 0 Å². The van der Waals surface area contributed by atoms with E-state index in [0.717, 1.165) is 12.8 Å². The van der Waals surface area contributed by atoms with Crippen LogP contribution in [0.3, 0.4) is 0 Å². The van der Waals surface area contributed by atoms with Crippen molar-refractivity contribution in [2.24, 2.45) is 0 Å². The third kappa shape index (κ3) is 8.94. The number of rotatable bonds is 7. The van der Waals surface area contributed by atoms with Gasteiger partial charge in [0, 0.05) is 12.5 Å². The van der Waals surface area contributed by atoms with Gasteiger partial charge in [0.1, 0.15) is 0 Å². The molecule has 1 N–H and O–H groups in total. The third-order valence-corrected chi connectivity index (χ3v) is 1.29. The van der Waals surface area contributed by atoms with Gasteiger partial charge >= 0.3 is 0 Å². The molecule has 4 nitrogen and oxygen atoms in total. The molecule has 0 unspecified atom stereocenters. The van der Waals surface area contributed by atoms with Gasteiger partial charge in [0.05, 0.1) is 0 Å². The Kier molecular flexibility index (Phi) is 6.37. The van der Waals surface area contributed by atoms with Crippen LogP contribution in [0, 0.1) is 0 Å². The van der Waals surface area contributed by atoms with Crippen molar-refractivity contribution >= 4 is 12.4 Å². The van der Waals surface area contributed by atoms with Gasteiger partial charge in [0.25, 0.3) is 0 Å². The van der Waals surface area contributed by atoms with Crippen LogP contribution in [-0.4, -0.2) is 18.9 Å². The standard InChI is InChI=1S/C7H13NO3/c9-6-8-5-3-1-2-4-7(10)11/h6H,1-5H2,(H,8,9)(H,10,11)/p-1. The zero-order chi connectivity index (χ0) is 8.53. The molecule has 0 aromatic rings. The third-order valence-electron chi connectivity index (χ3n) is 1.29. The molecule has 0 aromatic heterocycles. The molecule has 0 aliphatic heterocycles. The molecular formula is C7H12NO3-. The van der Waals surface area contributed by atoms with Crippen molar-refractivity contribution in [3.8, 4) is 0 Å². The van der Waals surface area contributed by atoms with Crippen molar-refractivity contribution in [1.29, 1.82) is 0 Å². The molecule has 11 heavy (non-hydrogen) atoms. The van der Waals surface area contributed by atoms with Gasteiger partial charge < -0.3 is 15.2 Å². The van der Waals surface area contributed by atoms with Crippen LogP contribution in [0.4, 0.5) is 0 Å². The van der Waals surface area contributed by atoms with Gasteiger partial charge in [-0.3, -0.25) is 4.79 Å². The highest BCUT2D eigenvalue weighted by Crippen LogP contribution is 1.96. The maximum atomic E-state index is 9.91. The van der Waals surface area contributed by atoms with Gasteiger partial charge in [-0.05, 0) is 19.3 Å². The Labute approximate surface area is 65.6 Å². The SMILES string of the molecule is O=CNCCCCCC(=O)[O-]. The van der Waals surface area contributed by atoms with Crippen LogP contribution in [0.5, 0.6) is 0 Å². The Morgan fingerprint density at radius 2 is 2.09 bits per heavy atom. The van der Waals surface area contributed by atoms with Crippen LogP contribution >= 0.6 is 0 Å². The number of unbranched alkanes of at least 4 members (excludes halogenated alkanes) is 2. The molecule has 0 heterocycles. The van der Waals surface area contributed by atoms with Gasteiger partial charge in [-0.25, -0.2) is 0 Å². The van der Waals surface area contributed by atoms with Crippen LogP contribution < -0.4 is 10.4 Å². The lowest BCUT2D eigenvalue weighted by Gasteiger charge is -2.00. The molecular weight excluding hydrogens is 146 g/mol. The molecule has 0 saturated heterocycles. The highest BCUT2D eigenvalue weighted by molar-refractivity contribution is 5.64. The fraction of sp³-hybridized carbons (Fsp3) is 0.714. The second-order valence-corrected chi connectivity index (χ2v) is 2.25. The highest BCUT2D eigenvalue weighted by Gasteiger charge is 1.88. The predicted molar refractivity (Wildman–Crippen MR) is 37.5 cm³/mol. The molecule has 0 aliphatic rings. The largest absolute Gasteiger partial charge is 0.550 e. The molecule has 0 aromatic carbocycles. The maximum Gasteiger partial charge on any atom is 0.207 e. The minimum Gasteiger partial charge on any atom is -0.550 e. The van der Waals surface area contributed by atoms with Gasteiger partial charge in [-0.2, -0.15) is 0 Å².